The molecule has 1 saturated carbocycles. The molecule has 1 atom stereocenters. The zero-order valence-electron chi connectivity index (χ0n) is 18.0. The van der Waals surface area contributed by atoms with E-state index in [0.29, 0.717) is 13.2 Å². The second-order valence-electron chi connectivity index (χ2n) is 8.58. The summed E-state index contributed by atoms with van der Waals surface area (Å²) in [5.74, 6) is 0.850. The molecule has 1 aromatic carbocycles. The lowest BCUT2D eigenvalue weighted by Crippen LogP contribution is -2.49. The van der Waals surface area contributed by atoms with Crippen molar-refractivity contribution in [2.24, 2.45) is 5.92 Å². The first-order valence-electron chi connectivity index (χ1n) is 10.8. The van der Waals surface area contributed by atoms with Crippen LogP contribution in [-0.4, -0.2) is 47.4 Å². The minimum atomic E-state index is -0.123. The van der Waals surface area contributed by atoms with Crippen molar-refractivity contribution in [1.82, 2.24) is 9.80 Å². The van der Waals surface area contributed by atoms with Gasteiger partial charge < -0.3 is 14.5 Å². The lowest BCUT2D eigenvalue weighted by Gasteiger charge is -2.37. The van der Waals surface area contributed by atoms with E-state index in [-0.39, 0.29) is 36.4 Å². The van der Waals surface area contributed by atoms with Crippen LogP contribution in [0.5, 0.6) is 5.75 Å². The lowest BCUT2D eigenvalue weighted by molar-refractivity contribution is -0.144. The molecular weight excluding hydrogens is 396 g/mol. The molecule has 0 unspecified atom stereocenters. The Labute approximate surface area is 182 Å². The van der Waals surface area contributed by atoms with Gasteiger partial charge in [0.1, 0.15) is 18.9 Å². The third kappa shape index (κ3) is 4.38. The van der Waals surface area contributed by atoms with Gasteiger partial charge in [0.2, 0.25) is 11.8 Å². The Bertz CT molecular complexity index is 919. The molecule has 1 fully saturated rings. The molecule has 0 N–H and O–H groups in total. The highest BCUT2D eigenvalue weighted by molar-refractivity contribution is 7.10. The molecule has 160 valence electrons. The summed E-state index contributed by atoms with van der Waals surface area (Å²) in [7, 11) is 0. The smallest absolute Gasteiger partial charge is 0.242 e. The minimum Gasteiger partial charge on any atom is -0.491 e. The molecule has 1 aliphatic carbocycles. The van der Waals surface area contributed by atoms with E-state index in [1.54, 1.807) is 16.2 Å². The van der Waals surface area contributed by atoms with Crippen molar-refractivity contribution >= 4 is 23.2 Å². The summed E-state index contributed by atoms with van der Waals surface area (Å²) in [5, 5.41) is 2.10. The average molecular weight is 427 g/mol. The van der Waals surface area contributed by atoms with Gasteiger partial charge in [-0.1, -0.05) is 32.0 Å². The van der Waals surface area contributed by atoms with Crippen molar-refractivity contribution < 1.29 is 14.3 Å². The Morgan fingerprint density at radius 2 is 2.00 bits per heavy atom. The molecule has 0 saturated heterocycles. The van der Waals surface area contributed by atoms with Crippen molar-refractivity contribution in [3.05, 3.63) is 51.7 Å². The van der Waals surface area contributed by atoms with Gasteiger partial charge in [0.25, 0.3) is 0 Å². The highest BCUT2D eigenvalue weighted by Crippen LogP contribution is 2.35. The number of carbonyl (C=O) groups excluding carboxylic acids is 2. The van der Waals surface area contributed by atoms with Crippen molar-refractivity contribution in [3.8, 4) is 5.75 Å². The predicted molar refractivity (Wildman–Crippen MR) is 119 cm³/mol. The van der Waals surface area contributed by atoms with E-state index in [1.807, 2.05) is 49.9 Å². The summed E-state index contributed by atoms with van der Waals surface area (Å²) in [5.41, 5.74) is 2.26. The number of ether oxygens (including phenoxy) is 1. The summed E-state index contributed by atoms with van der Waals surface area (Å²) in [4.78, 5) is 31.1. The van der Waals surface area contributed by atoms with Crippen LogP contribution < -0.4 is 4.74 Å². The number of fused-ring (bicyclic) bond motifs is 1. The van der Waals surface area contributed by atoms with Gasteiger partial charge in [0.05, 0.1) is 6.04 Å². The van der Waals surface area contributed by atoms with Gasteiger partial charge in [-0.15, -0.1) is 11.3 Å². The van der Waals surface area contributed by atoms with Crippen LogP contribution in [0.15, 0.2) is 35.7 Å². The normalized spacial score (nSPS) is 18.3. The maximum atomic E-state index is 13.4. The molecule has 0 radical (unpaired) electrons. The summed E-state index contributed by atoms with van der Waals surface area (Å²) < 4.78 is 6.16. The zero-order chi connectivity index (χ0) is 21.3. The van der Waals surface area contributed by atoms with Gasteiger partial charge in [-0.2, -0.15) is 0 Å². The number of para-hydroxylation sites is 1. The second-order valence-corrected chi connectivity index (χ2v) is 9.58. The van der Waals surface area contributed by atoms with Crippen LogP contribution in [0.25, 0.3) is 0 Å². The summed E-state index contributed by atoms with van der Waals surface area (Å²) >= 11 is 1.75. The number of amides is 2. The highest BCUT2D eigenvalue weighted by atomic mass is 32.1. The number of hydrogen-bond acceptors (Lipinski definition) is 4. The van der Waals surface area contributed by atoms with Crippen LogP contribution in [-0.2, 0) is 16.0 Å². The number of nitrogens with zero attached hydrogens (tertiary/aromatic N) is 2. The molecule has 2 amide bonds. The van der Waals surface area contributed by atoms with Crippen LogP contribution in [0.2, 0.25) is 0 Å². The Balaban J connectivity index is 1.52. The molecule has 1 aliphatic heterocycles. The van der Waals surface area contributed by atoms with Crippen LogP contribution in [0.3, 0.4) is 0 Å². The van der Waals surface area contributed by atoms with E-state index in [0.717, 1.165) is 30.6 Å². The quantitative estimate of drug-likeness (QED) is 0.666. The van der Waals surface area contributed by atoms with Crippen LogP contribution in [0, 0.1) is 12.8 Å². The fourth-order valence-corrected chi connectivity index (χ4v) is 5.03. The van der Waals surface area contributed by atoms with Gasteiger partial charge >= 0.3 is 0 Å². The van der Waals surface area contributed by atoms with Crippen molar-refractivity contribution in [2.45, 2.75) is 52.1 Å². The molecule has 1 aromatic heterocycles. The average Bonchev–Trinajstić information content (AvgIpc) is 3.46. The van der Waals surface area contributed by atoms with E-state index >= 15 is 0 Å². The maximum Gasteiger partial charge on any atom is 0.242 e. The second kappa shape index (κ2) is 8.80. The number of rotatable bonds is 7. The minimum absolute atomic E-state index is 0.0196. The molecule has 6 heteroatoms. The van der Waals surface area contributed by atoms with E-state index < -0.39 is 0 Å². The molecule has 4 rings (SSSR count). The van der Waals surface area contributed by atoms with Gasteiger partial charge in [-0.25, -0.2) is 0 Å². The molecule has 2 aliphatic rings. The summed E-state index contributed by atoms with van der Waals surface area (Å²) in [6.07, 6.45) is 2.86. The van der Waals surface area contributed by atoms with Gasteiger partial charge in [-0.3, -0.25) is 9.59 Å². The van der Waals surface area contributed by atoms with Gasteiger partial charge in [0, 0.05) is 23.4 Å². The van der Waals surface area contributed by atoms with E-state index in [4.69, 9.17) is 4.74 Å². The topological polar surface area (TPSA) is 49.9 Å². The summed E-state index contributed by atoms with van der Waals surface area (Å²) in [6, 6.07) is 10.2. The highest BCUT2D eigenvalue weighted by Gasteiger charge is 2.38. The number of carbonyl (C=O) groups is 2. The fourth-order valence-electron chi connectivity index (χ4n) is 4.10. The van der Waals surface area contributed by atoms with Crippen LogP contribution >= 0.6 is 11.3 Å². The molecule has 30 heavy (non-hydrogen) atoms. The van der Waals surface area contributed by atoms with Gasteiger partial charge in [0.15, 0.2) is 0 Å². The molecule has 2 aromatic rings. The van der Waals surface area contributed by atoms with Gasteiger partial charge in [-0.05, 0) is 54.8 Å². The van der Waals surface area contributed by atoms with E-state index in [2.05, 4.69) is 11.4 Å². The third-order valence-electron chi connectivity index (χ3n) is 5.98. The Morgan fingerprint density at radius 3 is 2.70 bits per heavy atom. The Morgan fingerprint density at radius 1 is 1.23 bits per heavy atom. The molecular formula is C24H30N2O3S. The number of thiophene rings is 1. The van der Waals surface area contributed by atoms with Crippen LogP contribution in [0.1, 0.15) is 48.7 Å². The Hall–Kier alpha value is -2.34. The van der Waals surface area contributed by atoms with E-state index in [1.165, 1.54) is 10.4 Å². The van der Waals surface area contributed by atoms with Crippen molar-refractivity contribution in [1.29, 1.82) is 0 Å². The van der Waals surface area contributed by atoms with Crippen molar-refractivity contribution in [3.63, 3.8) is 0 Å². The first-order valence-corrected chi connectivity index (χ1v) is 11.7. The zero-order valence-corrected chi connectivity index (χ0v) is 18.8. The van der Waals surface area contributed by atoms with E-state index in [9.17, 15) is 9.59 Å². The monoisotopic (exact) mass is 426 g/mol. The largest absolute Gasteiger partial charge is 0.491 e. The first-order chi connectivity index (χ1) is 14.5. The maximum absolute atomic E-state index is 13.4. The molecule has 0 spiro atoms. The third-order valence-corrected chi connectivity index (χ3v) is 6.97. The first kappa shape index (κ1) is 20.9. The number of benzene rings is 1. The molecule has 0 bridgehead atoms. The van der Waals surface area contributed by atoms with Crippen LogP contribution in [0.4, 0.5) is 0 Å². The molecule has 5 nitrogen and oxygen atoms in total. The predicted octanol–water partition coefficient (Wildman–Crippen LogP) is 4.21. The van der Waals surface area contributed by atoms with Crippen molar-refractivity contribution in [2.75, 3.05) is 19.7 Å². The number of hydrogen-bond donors (Lipinski definition) is 0. The Kier molecular flexibility index (Phi) is 6.14. The fraction of sp³-hybridized carbons (Fsp3) is 0.500. The standard InChI is InChI=1S/C24H30N2O3S/c1-16(2)24(28)26(18-8-9-18)14-23(27)25-12-10-22-19(11-13-30-22)20(25)15-29-21-7-5-4-6-17(21)3/h4-7,11,13,16,18,20H,8-10,12,14-15H2,1-3H3/t20-/m1/s1. The lowest BCUT2D eigenvalue weighted by atomic mass is 10.00. The number of aryl methyl sites for hydroxylation is 1. The SMILES string of the molecule is Cc1ccccc1OC[C@@H]1c2ccsc2CCN1C(=O)CN(C(=O)C(C)C)C1CC1. The molecule has 2 heterocycles. The summed E-state index contributed by atoms with van der Waals surface area (Å²) in [6.45, 7) is 7.09.